The number of nitrogens with zero attached hydrogens (tertiary/aromatic N) is 5. The average molecular weight is 326 g/mol. The lowest BCUT2D eigenvalue weighted by molar-refractivity contribution is -0.591. The molecule has 0 spiro atoms. The van der Waals surface area contributed by atoms with E-state index in [-0.39, 0.29) is 0 Å². The molecule has 0 saturated carbocycles. The first-order chi connectivity index (χ1) is 11.7. The maximum Gasteiger partial charge on any atom is 0.258 e. The van der Waals surface area contributed by atoms with E-state index in [0.29, 0.717) is 5.69 Å². The number of aromatic nitrogens is 2. The van der Waals surface area contributed by atoms with Gasteiger partial charge in [0.25, 0.3) is 5.82 Å². The summed E-state index contributed by atoms with van der Waals surface area (Å²) in [5.74, 6) is 1.50. The van der Waals surface area contributed by atoms with Gasteiger partial charge >= 0.3 is 0 Å². The highest BCUT2D eigenvalue weighted by molar-refractivity contribution is 5.69. The van der Waals surface area contributed by atoms with Crippen molar-refractivity contribution >= 4 is 17.3 Å². The monoisotopic (exact) mass is 326 g/mol. The molecule has 2 aromatic rings. The van der Waals surface area contributed by atoms with Crippen LogP contribution in [0.2, 0.25) is 0 Å². The summed E-state index contributed by atoms with van der Waals surface area (Å²) in [6, 6.07) is 8.41. The minimum atomic E-state index is 0.565. The van der Waals surface area contributed by atoms with Gasteiger partial charge in [0.1, 0.15) is 12.9 Å². The van der Waals surface area contributed by atoms with Crippen molar-refractivity contribution in [2.45, 2.75) is 13.5 Å². The Morgan fingerprint density at radius 1 is 1.21 bits per heavy atom. The summed E-state index contributed by atoms with van der Waals surface area (Å²) in [6.45, 7) is 6.63. The van der Waals surface area contributed by atoms with Crippen molar-refractivity contribution in [3.8, 4) is 0 Å². The summed E-state index contributed by atoms with van der Waals surface area (Å²) in [5, 5.41) is 5.76. The van der Waals surface area contributed by atoms with Crippen LogP contribution >= 0.6 is 0 Å². The highest BCUT2D eigenvalue weighted by atomic mass is 15.3. The van der Waals surface area contributed by atoms with Gasteiger partial charge in [-0.25, -0.2) is 10.5 Å². The number of rotatable bonds is 5. The third-order valence-corrected chi connectivity index (χ3v) is 4.36. The second-order valence-electron chi connectivity index (χ2n) is 6.23. The van der Waals surface area contributed by atoms with Crippen LogP contribution in [0.15, 0.2) is 35.7 Å². The van der Waals surface area contributed by atoms with Crippen LogP contribution in [-0.2, 0) is 6.54 Å². The van der Waals surface area contributed by atoms with Crippen LogP contribution in [0, 0.1) is 12.5 Å². The van der Waals surface area contributed by atoms with Gasteiger partial charge in [0.05, 0.1) is 0 Å². The van der Waals surface area contributed by atoms with Gasteiger partial charge in [0, 0.05) is 31.7 Å². The molecule has 3 rings (SSSR count). The van der Waals surface area contributed by atoms with Crippen LogP contribution in [0.5, 0.6) is 0 Å². The molecule has 7 nitrogen and oxygen atoms in total. The number of nitrogens with one attached hydrogen (secondary N) is 1. The van der Waals surface area contributed by atoms with Crippen LogP contribution in [0.25, 0.3) is 0 Å². The molecule has 1 aliphatic rings. The van der Waals surface area contributed by atoms with E-state index in [9.17, 15) is 0 Å². The molecule has 1 saturated heterocycles. The normalized spacial score (nSPS) is 15.5. The average Bonchev–Trinajstić information content (AvgIpc) is 2.60. The van der Waals surface area contributed by atoms with Crippen LogP contribution in [0.1, 0.15) is 11.1 Å². The molecule has 0 unspecified atom stereocenters. The zero-order chi connectivity index (χ0) is 16.9. The number of nitrogens with two attached hydrogens (primary N) is 1. The molecule has 3 N–H and O–H groups in total. The first-order valence-corrected chi connectivity index (χ1v) is 8.22. The largest absolute Gasteiger partial charge is 0.352 e. The number of aryl methyl sites for hydroxylation is 1. The molecule has 0 amide bonds. The summed E-state index contributed by atoms with van der Waals surface area (Å²) in [5.41, 5.74) is 10.6. The lowest BCUT2D eigenvalue weighted by Crippen LogP contribution is -2.76. The lowest BCUT2D eigenvalue weighted by atomic mass is 10.1. The number of anilines is 1. The van der Waals surface area contributed by atoms with E-state index in [1.165, 1.54) is 11.1 Å². The van der Waals surface area contributed by atoms with Gasteiger partial charge in [0.15, 0.2) is 5.82 Å². The van der Waals surface area contributed by atoms with Crippen LogP contribution < -0.4 is 10.2 Å². The van der Waals surface area contributed by atoms with Crippen molar-refractivity contribution in [2.75, 3.05) is 38.1 Å². The van der Waals surface area contributed by atoms with Crippen LogP contribution in [-0.4, -0.2) is 48.1 Å². The van der Waals surface area contributed by atoms with Gasteiger partial charge < -0.3 is 9.80 Å². The van der Waals surface area contributed by atoms with Gasteiger partial charge in [-0.1, -0.05) is 29.8 Å². The SMILES string of the molecule is Cc1cccc(C[NH2+]c2ncnc(N3CCN(C)CC3)c2N=N)c1. The van der Waals surface area contributed by atoms with Gasteiger partial charge in [-0.3, -0.25) is 5.32 Å². The third kappa shape index (κ3) is 3.74. The first kappa shape index (κ1) is 16.5. The lowest BCUT2D eigenvalue weighted by Gasteiger charge is -2.33. The minimum absolute atomic E-state index is 0.565. The summed E-state index contributed by atoms with van der Waals surface area (Å²) >= 11 is 0. The fourth-order valence-corrected chi connectivity index (χ4v) is 2.94. The van der Waals surface area contributed by atoms with Crippen molar-refractivity contribution in [1.82, 2.24) is 14.9 Å². The summed E-state index contributed by atoms with van der Waals surface area (Å²) in [7, 11) is 2.12. The van der Waals surface area contributed by atoms with Crippen molar-refractivity contribution < 1.29 is 5.32 Å². The Morgan fingerprint density at radius 2 is 2.00 bits per heavy atom. The van der Waals surface area contributed by atoms with Gasteiger partial charge in [0.2, 0.25) is 5.69 Å². The minimum Gasteiger partial charge on any atom is -0.352 e. The number of hydrogen-bond donors (Lipinski definition) is 2. The van der Waals surface area contributed by atoms with Crippen molar-refractivity contribution in [1.29, 1.82) is 5.53 Å². The van der Waals surface area contributed by atoms with E-state index >= 15 is 0 Å². The maximum absolute atomic E-state index is 7.59. The predicted molar refractivity (Wildman–Crippen MR) is 93.0 cm³/mol. The molecular formula is C17H24N7+. The topological polar surface area (TPSA) is 85.1 Å². The van der Waals surface area contributed by atoms with E-state index in [1.807, 2.05) is 5.32 Å². The standard InChI is InChI=1S/C17H23N7/c1-13-4-3-5-14(10-13)11-19-16-15(22-18)17(21-12-20-16)24-8-6-23(2)7-9-24/h3-5,10,12,18H,6-9,11H2,1-2H3,(H,19,20,21)/p+1. The molecule has 24 heavy (non-hydrogen) atoms. The van der Waals surface area contributed by atoms with Gasteiger partial charge in [-0.05, 0) is 14.0 Å². The molecular weight excluding hydrogens is 302 g/mol. The second kappa shape index (κ2) is 7.46. The first-order valence-electron chi connectivity index (χ1n) is 8.22. The number of piperazine rings is 1. The zero-order valence-corrected chi connectivity index (χ0v) is 14.2. The molecule has 0 bridgehead atoms. The van der Waals surface area contributed by atoms with Crippen LogP contribution in [0.3, 0.4) is 0 Å². The molecule has 0 radical (unpaired) electrons. The Morgan fingerprint density at radius 3 is 2.71 bits per heavy atom. The van der Waals surface area contributed by atoms with E-state index in [1.54, 1.807) is 6.33 Å². The van der Waals surface area contributed by atoms with E-state index in [2.05, 4.69) is 63.1 Å². The quantitative estimate of drug-likeness (QED) is 0.817. The Hall–Kier alpha value is -2.38. The van der Waals surface area contributed by atoms with Crippen molar-refractivity contribution in [2.24, 2.45) is 5.11 Å². The van der Waals surface area contributed by atoms with E-state index in [0.717, 1.165) is 44.4 Å². The summed E-state index contributed by atoms with van der Waals surface area (Å²) in [4.78, 5) is 13.2. The van der Waals surface area contributed by atoms with E-state index < -0.39 is 0 Å². The Labute approximate surface area is 142 Å². The molecule has 0 aliphatic carbocycles. The highest BCUT2D eigenvalue weighted by Gasteiger charge is 2.22. The Balaban J connectivity index is 1.78. The Bertz CT molecular complexity index is 708. The number of benzene rings is 1. The second-order valence-corrected chi connectivity index (χ2v) is 6.23. The van der Waals surface area contributed by atoms with Crippen molar-refractivity contribution in [3.05, 3.63) is 41.7 Å². The number of hydrogen-bond acceptors (Lipinski definition) is 6. The molecule has 2 heterocycles. The highest BCUT2D eigenvalue weighted by Crippen LogP contribution is 2.30. The van der Waals surface area contributed by atoms with Crippen LogP contribution in [0.4, 0.5) is 17.3 Å². The van der Waals surface area contributed by atoms with Gasteiger partial charge in [-0.15, -0.1) is 5.11 Å². The van der Waals surface area contributed by atoms with Gasteiger partial charge in [-0.2, -0.15) is 4.98 Å². The zero-order valence-electron chi connectivity index (χ0n) is 14.2. The fourth-order valence-electron chi connectivity index (χ4n) is 2.94. The third-order valence-electron chi connectivity index (χ3n) is 4.36. The smallest absolute Gasteiger partial charge is 0.258 e. The Kier molecular flexibility index (Phi) is 5.12. The molecule has 126 valence electrons. The maximum atomic E-state index is 7.59. The molecule has 1 fully saturated rings. The number of likely N-dealkylation sites (N-methyl/N-ethyl adjacent to an activating group) is 1. The van der Waals surface area contributed by atoms with E-state index in [4.69, 9.17) is 5.53 Å². The summed E-state index contributed by atoms with van der Waals surface area (Å²) in [6.07, 6.45) is 1.57. The predicted octanol–water partition coefficient (Wildman–Crippen LogP) is 1.59. The molecule has 7 heteroatoms. The summed E-state index contributed by atoms with van der Waals surface area (Å²) < 4.78 is 0. The molecule has 1 aliphatic heterocycles. The molecule has 0 atom stereocenters. The molecule has 1 aromatic carbocycles. The van der Waals surface area contributed by atoms with Crippen molar-refractivity contribution in [3.63, 3.8) is 0 Å². The number of quaternary nitrogens is 1. The molecule has 1 aromatic heterocycles. The fraction of sp³-hybridized carbons (Fsp3) is 0.412.